The van der Waals surface area contributed by atoms with Gasteiger partial charge in [-0.1, -0.05) is 145 Å². The molecule has 282 valence electrons. The molecule has 0 fully saturated rings. The van der Waals surface area contributed by atoms with Gasteiger partial charge in [0.05, 0.1) is 21.1 Å². The molecule has 9 aromatic rings. The predicted molar refractivity (Wildman–Crippen MR) is 256 cm³/mol. The second kappa shape index (κ2) is 12.7. The zero-order chi connectivity index (χ0) is 39.7. The molecule has 2 nitrogen and oxygen atoms in total. The second-order valence-electron chi connectivity index (χ2n) is 18.3. The van der Waals surface area contributed by atoms with Crippen LogP contribution in [0.2, 0.25) is 0 Å². The molecular formula is C53H45BN2S2. The van der Waals surface area contributed by atoms with Crippen molar-refractivity contribution in [2.24, 2.45) is 0 Å². The first-order valence-electron chi connectivity index (χ1n) is 20.5. The monoisotopic (exact) mass is 784 g/mol. The molecule has 2 aliphatic rings. The van der Waals surface area contributed by atoms with Gasteiger partial charge in [-0.15, -0.1) is 22.7 Å². The number of benzene rings is 7. The smallest absolute Gasteiger partial charge is 0.334 e. The molecular weight excluding hydrogens is 740 g/mol. The van der Waals surface area contributed by atoms with Gasteiger partial charge in [-0.25, -0.2) is 0 Å². The summed E-state index contributed by atoms with van der Waals surface area (Å²) >= 11 is 3.86. The third kappa shape index (κ3) is 5.29. The van der Waals surface area contributed by atoms with Crippen LogP contribution in [0.3, 0.4) is 0 Å². The van der Waals surface area contributed by atoms with E-state index in [0.29, 0.717) is 0 Å². The maximum atomic E-state index is 2.72. The van der Waals surface area contributed by atoms with Gasteiger partial charge in [-0.05, 0) is 104 Å². The largest absolute Gasteiger partial charge is 0.375 e. The minimum absolute atomic E-state index is 0.00497. The van der Waals surface area contributed by atoms with E-state index in [1.54, 1.807) is 0 Å². The first kappa shape index (κ1) is 35.5. The normalized spacial score (nSPS) is 13.7. The number of nitrogens with zero attached hydrogens (tertiary/aromatic N) is 2. The van der Waals surface area contributed by atoms with Gasteiger partial charge < -0.3 is 9.71 Å². The molecule has 0 amide bonds. The van der Waals surface area contributed by atoms with E-state index >= 15 is 0 Å². The zero-order valence-electron chi connectivity index (χ0n) is 34.1. The van der Waals surface area contributed by atoms with Crippen LogP contribution in [0.15, 0.2) is 146 Å². The van der Waals surface area contributed by atoms with E-state index < -0.39 is 0 Å². The fourth-order valence-corrected chi connectivity index (χ4v) is 12.0. The summed E-state index contributed by atoms with van der Waals surface area (Å²) in [5, 5.41) is 5.27. The highest BCUT2D eigenvalue weighted by Gasteiger charge is 2.48. The van der Waals surface area contributed by atoms with Crippen LogP contribution in [0.1, 0.15) is 58.2 Å². The van der Waals surface area contributed by atoms with Crippen molar-refractivity contribution in [1.82, 2.24) is 0 Å². The highest BCUT2D eigenvalue weighted by Crippen LogP contribution is 2.54. The van der Waals surface area contributed by atoms with Crippen LogP contribution in [0.4, 0.5) is 27.8 Å². The first-order chi connectivity index (χ1) is 28.0. The van der Waals surface area contributed by atoms with E-state index in [2.05, 4.69) is 204 Å². The van der Waals surface area contributed by atoms with Crippen molar-refractivity contribution in [2.75, 3.05) is 9.71 Å². The Labute approximate surface area is 350 Å². The van der Waals surface area contributed by atoms with Crippen LogP contribution < -0.4 is 20.6 Å². The molecule has 0 aliphatic carbocycles. The van der Waals surface area contributed by atoms with E-state index in [-0.39, 0.29) is 17.7 Å². The lowest BCUT2D eigenvalue weighted by Crippen LogP contribution is -2.61. The van der Waals surface area contributed by atoms with Gasteiger partial charge in [-0.3, -0.25) is 0 Å². The number of thiophene rings is 2. The topological polar surface area (TPSA) is 6.48 Å². The molecule has 2 aromatic heterocycles. The lowest BCUT2D eigenvalue weighted by molar-refractivity contribution is 0.590. The highest BCUT2D eigenvalue weighted by molar-refractivity contribution is 7.27. The Balaban J connectivity index is 1.28. The fraction of sp³-hybridized carbons (Fsp3) is 0.170. The van der Waals surface area contributed by atoms with Crippen LogP contribution >= 0.6 is 22.7 Å². The SMILES string of the molecule is Cc1cc2c3c(c1)N(c1ccc(C(C)(C)C)cc1-c1ccccc1)c1sc4ccccc4c1B3N(c1ccc(C(C)(C)C)cc1)c1c-2ccc2c1sc1ccccc12. The summed E-state index contributed by atoms with van der Waals surface area (Å²) in [5.74, 6) is 0. The standard InChI is InChI=1S/C53H45BN2S2/c1-32-29-42-38-26-27-39-37-17-11-13-19-45(37)57-50(39)49(38)56(36-24-21-34(22-25-36)52(2,3)4)54-47(42)44(30-32)55(51-48(54)40-18-12-14-20-46(40)58-51)43-28-23-35(53(5,6)7)31-41(43)33-15-9-8-10-16-33/h8-31H,1-7H3. The Morgan fingerprint density at radius 1 is 0.500 bits per heavy atom. The van der Waals surface area contributed by atoms with E-state index in [1.807, 2.05) is 22.7 Å². The molecule has 0 unspecified atom stereocenters. The van der Waals surface area contributed by atoms with Crippen molar-refractivity contribution in [3.63, 3.8) is 0 Å². The number of aryl methyl sites for hydroxylation is 1. The average molecular weight is 785 g/mol. The van der Waals surface area contributed by atoms with E-state index in [9.17, 15) is 0 Å². The quantitative estimate of drug-likeness (QED) is 0.165. The maximum Gasteiger partial charge on any atom is 0.334 e. The molecule has 0 N–H and O–H groups in total. The lowest BCUT2D eigenvalue weighted by Gasteiger charge is -2.45. The number of rotatable bonds is 3. The van der Waals surface area contributed by atoms with E-state index in [0.717, 1.165) is 0 Å². The Bertz CT molecular complexity index is 3100. The molecule has 0 atom stereocenters. The second-order valence-corrected chi connectivity index (χ2v) is 20.3. The van der Waals surface area contributed by atoms with Gasteiger partial charge in [0.25, 0.3) is 0 Å². The minimum atomic E-state index is -0.0502. The van der Waals surface area contributed by atoms with Crippen LogP contribution in [-0.2, 0) is 10.8 Å². The van der Waals surface area contributed by atoms with Crippen LogP contribution in [0, 0.1) is 6.92 Å². The third-order valence-electron chi connectivity index (χ3n) is 12.4. The van der Waals surface area contributed by atoms with E-state index in [4.69, 9.17) is 0 Å². The van der Waals surface area contributed by atoms with E-state index in [1.165, 1.54) is 108 Å². The molecule has 0 spiro atoms. The van der Waals surface area contributed by atoms with Gasteiger partial charge in [0, 0.05) is 42.7 Å². The molecule has 58 heavy (non-hydrogen) atoms. The summed E-state index contributed by atoms with van der Waals surface area (Å²) in [6.07, 6.45) is 0. The van der Waals surface area contributed by atoms with Crippen LogP contribution in [-0.4, -0.2) is 6.85 Å². The van der Waals surface area contributed by atoms with Crippen molar-refractivity contribution in [3.8, 4) is 22.3 Å². The molecule has 4 heterocycles. The Morgan fingerprint density at radius 3 is 1.88 bits per heavy atom. The minimum Gasteiger partial charge on any atom is -0.375 e. The molecule has 0 bridgehead atoms. The molecule has 0 radical (unpaired) electrons. The zero-order valence-corrected chi connectivity index (χ0v) is 35.8. The van der Waals surface area contributed by atoms with Crippen LogP contribution in [0.5, 0.6) is 0 Å². The number of hydrogen-bond acceptors (Lipinski definition) is 4. The van der Waals surface area contributed by atoms with Crippen LogP contribution in [0.25, 0.3) is 52.5 Å². The summed E-state index contributed by atoms with van der Waals surface area (Å²) in [7, 11) is 0. The molecule has 2 aliphatic heterocycles. The van der Waals surface area contributed by atoms with Crippen molar-refractivity contribution in [2.45, 2.75) is 59.3 Å². The molecule has 11 rings (SSSR count). The summed E-state index contributed by atoms with van der Waals surface area (Å²) < 4.78 is 3.98. The molecule has 7 aromatic carbocycles. The Kier molecular flexibility index (Phi) is 7.78. The Hall–Kier alpha value is -5.62. The number of hydrogen-bond donors (Lipinski definition) is 0. The summed E-state index contributed by atoms with van der Waals surface area (Å²) in [5.41, 5.74) is 16.8. The highest BCUT2D eigenvalue weighted by atomic mass is 32.1. The van der Waals surface area contributed by atoms with Gasteiger partial charge in [-0.2, -0.15) is 0 Å². The fourth-order valence-electron chi connectivity index (χ4n) is 9.51. The van der Waals surface area contributed by atoms with Crippen molar-refractivity contribution < 1.29 is 0 Å². The van der Waals surface area contributed by atoms with Gasteiger partial charge in [0.1, 0.15) is 0 Å². The summed E-state index contributed by atoms with van der Waals surface area (Å²) in [4.78, 5) is 5.34. The summed E-state index contributed by atoms with van der Waals surface area (Å²) in [6.45, 7) is 16.1. The van der Waals surface area contributed by atoms with Gasteiger partial charge >= 0.3 is 6.85 Å². The van der Waals surface area contributed by atoms with Crippen molar-refractivity contribution in [3.05, 3.63) is 162 Å². The average Bonchev–Trinajstić information content (AvgIpc) is 3.79. The summed E-state index contributed by atoms with van der Waals surface area (Å²) in [6, 6.07) is 55.4. The van der Waals surface area contributed by atoms with Crippen molar-refractivity contribution in [1.29, 1.82) is 0 Å². The number of fused-ring (bicyclic) bond motifs is 10. The first-order valence-corrected chi connectivity index (χ1v) is 22.1. The molecule has 0 saturated carbocycles. The number of anilines is 5. The Morgan fingerprint density at radius 2 is 1.16 bits per heavy atom. The van der Waals surface area contributed by atoms with Gasteiger partial charge in [0.15, 0.2) is 0 Å². The third-order valence-corrected chi connectivity index (χ3v) is 14.8. The molecule has 5 heteroatoms. The van der Waals surface area contributed by atoms with Crippen molar-refractivity contribution >= 4 is 98.5 Å². The van der Waals surface area contributed by atoms with Gasteiger partial charge in [0.2, 0.25) is 0 Å². The predicted octanol–water partition coefficient (Wildman–Crippen LogP) is 14.5. The molecule has 0 saturated heterocycles. The lowest BCUT2D eigenvalue weighted by atomic mass is 9.43. The maximum absolute atomic E-state index is 2.72.